The van der Waals surface area contributed by atoms with E-state index in [4.69, 9.17) is 4.74 Å². The third-order valence-electron chi connectivity index (χ3n) is 3.69. The number of nitrogens with zero attached hydrogens (tertiary/aromatic N) is 1. The summed E-state index contributed by atoms with van der Waals surface area (Å²) < 4.78 is 5.94. The van der Waals surface area contributed by atoms with Crippen LogP contribution in [0.3, 0.4) is 0 Å². The van der Waals surface area contributed by atoms with Crippen molar-refractivity contribution in [3.8, 4) is 0 Å². The lowest BCUT2D eigenvalue weighted by molar-refractivity contribution is -0.172. The first-order valence-electron chi connectivity index (χ1n) is 7.24. The van der Waals surface area contributed by atoms with E-state index in [0.717, 1.165) is 37.9 Å². The zero-order valence-corrected chi connectivity index (χ0v) is 12.6. The van der Waals surface area contributed by atoms with E-state index in [1.165, 1.54) is 0 Å². The fourth-order valence-corrected chi connectivity index (χ4v) is 2.42. The van der Waals surface area contributed by atoms with Crippen molar-refractivity contribution in [3.63, 3.8) is 0 Å². The van der Waals surface area contributed by atoms with Crippen molar-refractivity contribution in [3.05, 3.63) is 30.1 Å². The van der Waals surface area contributed by atoms with Gasteiger partial charge in [0.05, 0.1) is 5.41 Å². The first-order valence-corrected chi connectivity index (χ1v) is 7.24. The maximum Gasteiger partial charge on any atom is 0.311 e. The number of hydrogen-bond acceptors (Lipinski definition) is 4. The molecular weight excluding hydrogens is 252 g/mol. The highest BCUT2D eigenvalue weighted by atomic mass is 16.6. The Kier molecular flexibility index (Phi) is 4.43. The van der Waals surface area contributed by atoms with Crippen LogP contribution in [0.15, 0.2) is 24.5 Å². The molecule has 0 bridgehead atoms. The monoisotopic (exact) mass is 276 g/mol. The van der Waals surface area contributed by atoms with Crippen molar-refractivity contribution < 1.29 is 9.53 Å². The van der Waals surface area contributed by atoms with Crippen molar-refractivity contribution in [1.82, 2.24) is 10.3 Å². The minimum Gasteiger partial charge on any atom is -0.458 e. The van der Waals surface area contributed by atoms with Crippen LogP contribution in [-0.4, -0.2) is 29.6 Å². The maximum atomic E-state index is 12.3. The van der Waals surface area contributed by atoms with Crippen molar-refractivity contribution in [2.45, 2.75) is 45.6 Å². The summed E-state index contributed by atoms with van der Waals surface area (Å²) >= 11 is 0. The van der Waals surface area contributed by atoms with Crippen LogP contribution >= 0.6 is 0 Å². The number of esters is 1. The van der Waals surface area contributed by atoms with E-state index in [2.05, 4.69) is 10.3 Å². The van der Waals surface area contributed by atoms with E-state index in [1.54, 1.807) is 6.20 Å². The van der Waals surface area contributed by atoms with Crippen LogP contribution in [0.4, 0.5) is 0 Å². The molecule has 0 aromatic carbocycles. The minimum atomic E-state index is -0.465. The van der Waals surface area contributed by atoms with Gasteiger partial charge in [0.15, 0.2) is 0 Å². The SMILES string of the molecule is CC(C)(C)C(=O)OC1(Cc2cccnc2)CCNCC1. The smallest absolute Gasteiger partial charge is 0.311 e. The van der Waals surface area contributed by atoms with Gasteiger partial charge in [0.1, 0.15) is 5.60 Å². The fourth-order valence-electron chi connectivity index (χ4n) is 2.42. The third kappa shape index (κ3) is 3.79. The number of piperidine rings is 1. The van der Waals surface area contributed by atoms with Gasteiger partial charge in [-0.3, -0.25) is 9.78 Å². The molecule has 1 fully saturated rings. The predicted octanol–water partition coefficient (Wildman–Crippen LogP) is 2.34. The van der Waals surface area contributed by atoms with Gasteiger partial charge >= 0.3 is 5.97 Å². The van der Waals surface area contributed by atoms with Crippen molar-refractivity contribution >= 4 is 5.97 Å². The normalized spacial score (nSPS) is 18.6. The second-order valence-electron chi connectivity index (χ2n) is 6.61. The lowest BCUT2D eigenvalue weighted by Gasteiger charge is -2.39. The van der Waals surface area contributed by atoms with Crippen molar-refractivity contribution in [1.29, 1.82) is 0 Å². The highest BCUT2D eigenvalue weighted by molar-refractivity contribution is 5.75. The summed E-state index contributed by atoms with van der Waals surface area (Å²) in [7, 11) is 0. The summed E-state index contributed by atoms with van der Waals surface area (Å²) in [6.07, 6.45) is 6.06. The second kappa shape index (κ2) is 5.92. The summed E-state index contributed by atoms with van der Waals surface area (Å²) in [6, 6.07) is 3.97. The van der Waals surface area contributed by atoms with Gasteiger partial charge in [-0.05, 0) is 45.5 Å². The number of rotatable bonds is 3. The third-order valence-corrected chi connectivity index (χ3v) is 3.69. The van der Waals surface area contributed by atoms with Crippen molar-refractivity contribution in [2.24, 2.45) is 5.41 Å². The summed E-state index contributed by atoms with van der Waals surface area (Å²) in [5.74, 6) is -0.122. The van der Waals surface area contributed by atoms with Gasteiger partial charge in [-0.25, -0.2) is 0 Å². The molecule has 0 amide bonds. The fraction of sp³-hybridized carbons (Fsp3) is 0.625. The number of ether oxygens (including phenoxy) is 1. The Morgan fingerprint density at radius 3 is 2.65 bits per heavy atom. The average molecular weight is 276 g/mol. The van der Waals surface area contributed by atoms with Gasteiger partial charge in [0, 0.05) is 31.7 Å². The number of nitrogens with one attached hydrogen (secondary N) is 1. The standard InChI is InChI=1S/C16H24N2O2/c1-15(2,3)14(19)20-16(6-9-17-10-7-16)11-13-5-4-8-18-12-13/h4-5,8,12,17H,6-7,9-11H2,1-3H3. The number of pyridine rings is 1. The lowest BCUT2D eigenvalue weighted by Crippen LogP contribution is -2.48. The van der Waals surface area contributed by atoms with Crippen LogP contribution in [0.2, 0.25) is 0 Å². The number of hydrogen-bond donors (Lipinski definition) is 1. The predicted molar refractivity (Wildman–Crippen MR) is 78.3 cm³/mol. The van der Waals surface area contributed by atoms with Gasteiger partial charge in [-0.1, -0.05) is 6.07 Å². The van der Waals surface area contributed by atoms with Gasteiger partial charge in [-0.2, -0.15) is 0 Å². The van der Waals surface area contributed by atoms with Crippen molar-refractivity contribution in [2.75, 3.05) is 13.1 Å². The van der Waals surface area contributed by atoms with Crippen LogP contribution in [0, 0.1) is 5.41 Å². The molecule has 0 spiro atoms. The maximum absolute atomic E-state index is 12.3. The topological polar surface area (TPSA) is 51.2 Å². The van der Waals surface area contributed by atoms with Gasteiger partial charge in [0.25, 0.3) is 0 Å². The quantitative estimate of drug-likeness (QED) is 0.861. The molecule has 1 N–H and O–H groups in total. The summed E-state index contributed by atoms with van der Waals surface area (Å²) in [5, 5.41) is 3.33. The van der Waals surface area contributed by atoms with Crippen LogP contribution in [0.5, 0.6) is 0 Å². The Labute approximate surface area is 120 Å². The van der Waals surface area contributed by atoms with Crippen LogP contribution in [0.25, 0.3) is 0 Å². The zero-order valence-electron chi connectivity index (χ0n) is 12.6. The molecule has 1 aromatic heterocycles. The second-order valence-corrected chi connectivity index (χ2v) is 6.61. The molecule has 2 heterocycles. The largest absolute Gasteiger partial charge is 0.458 e. The molecule has 110 valence electrons. The molecule has 4 heteroatoms. The van der Waals surface area contributed by atoms with Gasteiger partial charge in [-0.15, -0.1) is 0 Å². The lowest BCUT2D eigenvalue weighted by atomic mass is 9.85. The van der Waals surface area contributed by atoms with E-state index in [1.807, 2.05) is 39.1 Å². The Balaban J connectivity index is 2.15. The van der Waals surface area contributed by atoms with Gasteiger partial charge < -0.3 is 10.1 Å². The molecule has 0 unspecified atom stereocenters. The summed E-state index contributed by atoms with van der Waals surface area (Å²) in [6.45, 7) is 7.46. The molecule has 0 saturated carbocycles. The number of aromatic nitrogens is 1. The van der Waals surface area contributed by atoms with E-state index in [9.17, 15) is 4.79 Å². The Bertz CT molecular complexity index is 445. The minimum absolute atomic E-state index is 0.122. The van der Waals surface area contributed by atoms with E-state index in [-0.39, 0.29) is 5.97 Å². The molecular formula is C16H24N2O2. The summed E-state index contributed by atoms with van der Waals surface area (Å²) in [5.41, 5.74) is 0.266. The molecule has 20 heavy (non-hydrogen) atoms. The first kappa shape index (κ1) is 15.0. The molecule has 0 radical (unpaired) electrons. The highest BCUT2D eigenvalue weighted by Gasteiger charge is 2.39. The van der Waals surface area contributed by atoms with E-state index in [0.29, 0.717) is 0 Å². The summed E-state index contributed by atoms with van der Waals surface area (Å²) in [4.78, 5) is 16.4. The molecule has 1 saturated heterocycles. The van der Waals surface area contributed by atoms with Crippen LogP contribution in [-0.2, 0) is 16.0 Å². The highest BCUT2D eigenvalue weighted by Crippen LogP contribution is 2.31. The molecule has 2 rings (SSSR count). The first-order chi connectivity index (χ1) is 9.41. The zero-order chi connectivity index (χ0) is 14.6. The molecule has 1 aliphatic rings. The van der Waals surface area contributed by atoms with E-state index < -0.39 is 11.0 Å². The Morgan fingerprint density at radius 2 is 2.10 bits per heavy atom. The van der Waals surface area contributed by atoms with E-state index >= 15 is 0 Å². The Morgan fingerprint density at radius 1 is 1.40 bits per heavy atom. The molecule has 1 aromatic rings. The number of carbonyl (C=O) groups is 1. The molecule has 0 atom stereocenters. The number of carbonyl (C=O) groups excluding carboxylic acids is 1. The molecule has 4 nitrogen and oxygen atoms in total. The van der Waals surface area contributed by atoms with Gasteiger partial charge in [0.2, 0.25) is 0 Å². The Hall–Kier alpha value is -1.42. The molecule has 1 aliphatic heterocycles. The van der Waals surface area contributed by atoms with Crippen LogP contribution in [0.1, 0.15) is 39.2 Å². The average Bonchev–Trinajstić information content (AvgIpc) is 2.39. The van der Waals surface area contributed by atoms with Crippen LogP contribution < -0.4 is 5.32 Å². The molecule has 0 aliphatic carbocycles.